The lowest BCUT2D eigenvalue weighted by Gasteiger charge is -2.22. The summed E-state index contributed by atoms with van der Waals surface area (Å²) >= 11 is 1.09. The number of nitrogens with zero attached hydrogens (tertiary/aromatic N) is 5. The molecule has 158 valence electrons. The lowest BCUT2D eigenvalue weighted by Crippen LogP contribution is -2.48. The van der Waals surface area contributed by atoms with Gasteiger partial charge in [-0.05, 0) is 42.0 Å². The molecule has 2 N–H and O–H groups in total. The number of hydrazine groups is 1. The molecule has 0 aliphatic carbocycles. The van der Waals surface area contributed by atoms with Crippen molar-refractivity contribution in [2.75, 3.05) is 5.75 Å². The first kappa shape index (κ1) is 20.5. The van der Waals surface area contributed by atoms with Gasteiger partial charge in [0.2, 0.25) is 11.1 Å². The molecule has 1 atom stereocenters. The molecule has 4 rings (SSSR count). The third-order valence-electron chi connectivity index (χ3n) is 4.83. The van der Waals surface area contributed by atoms with E-state index < -0.39 is 23.4 Å². The van der Waals surface area contributed by atoms with E-state index in [1.165, 1.54) is 4.68 Å². The molecule has 0 saturated carbocycles. The molecule has 3 aromatic rings. The van der Waals surface area contributed by atoms with Gasteiger partial charge in [0.05, 0.1) is 11.4 Å². The molecular formula is C20H19N7O3S. The average molecular weight is 437 g/mol. The fourth-order valence-corrected chi connectivity index (χ4v) is 3.79. The maximum Gasteiger partial charge on any atom is 0.344 e. The van der Waals surface area contributed by atoms with E-state index >= 15 is 0 Å². The van der Waals surface area contributed by atoms with E-state index in [2.05, 4.69) is 26.3 Å². The first-order chi connectivity index (χ1) is 14.9. The number of thioether (sulfide) groups is 1. The van der Waals surface area contributed by atoms with E-state index in [0.717, 1.165) is 23.0 Å². The summed E-state index contributed by atoms with van der Waals surface area (Å²) < 4.78 is 1.51. The molecule has 0 bridgehead atoms. The van der Waals surface area contributed by atoms with Crippen LogP contribution in [0.1, 0.15) is 18.1 Å². The molecule has 2 heterocycles. The van der Waals surface area contributed by atoms with Crippen LogP contribution in [0.2, 0.25) is 0 Å². The highest BCUT2D eigenvalue weighted by Gasteiger charge is 2.49. The molecule has 0 radical (unpaired) electrons. The Morgan fingerprint density at radius 3 is 2.55 bits per heavy atom. The number of aryl methyl sites for hydroxylation is 1. The molecule has 4 amide bonds. The van der Waals surface area contributed by atoms with Crippen molar-refractivity contribution in [2.24, 2.45) is 0 Å². The smallest absolute Gasteiger partial charge is 0.318 e. The predicted molar refractivity (Wildman–Crippen MR) is 112 cm³/mol. The quantitative estimate of drug-likeness (QED) is 0.443. The minimum Gasteiger partial charge on any atom is -0.318 e. The molecule has 10 nitrogen and oxygen atoms in total. The lowest BCUT2D eigenvalue weighted by molar-refractivity contribution is -0.138. The van der Waals surface area contributed by atoms with E-state index in [9.17, 15) is 14.4 Å². The number of hydrogen-bond donors (Lipinski definition) is 2. The SMILES string of the molecule is Cc1ccc(-n2nnnc2SCC(=O)NN2C(=O)NC(C)(c3ccccc3)C2=O)cc1. The van der Waals surface area contributed by atoms with Crippen LogP contribution in [0.25, 0.3) is 5.69 Å². The number of carbonyl (C=O) groups is 3. The molecule has 1 saturated heterocycles. The van der Waals surface area contributed by atoms with Gasteiger partial charge >= 0.3 is 6.03 Å². The molecule has 1 aliphatic rings. The van der Waals surface area contributed by atoms with Gasteiger partial charge in [0.15, 0.2) is 0 Å². The second kappa shape index (κ2) is 8.19. The van der Waals surface area contributed by atoms with Crippen LogP contribution in [0.4, 0.5) is 4.79 Å². The van der Waals surface area contributed by atoms with Crippen LogP contribution in [0.3, 0.4) is 0 Å². The standard InChI is InChI=1S/C20H19N7O3S/c1-13-8-10-15(11-9-13)26-19(22-24-25-26)31-12-16(28)23-27-17(29)20(2,21-18(27)30)14-6-4-3-5-7-14/h3-11H,12H2,1-2H3,(H,21,30)(H,23,28). The Morgan fingerprint density at radius 1 is 1.13 bits per heavy atom. The number of carbonyl (C=O) groups excluding carboxylic acids is 3. The van der Waals surface area contributed by atoms with Gasteiger partial charge in [0, 0.05) is 0 Å². The van der Waals surface area contributed by atoms with Crippen molar-refractivity contribution in [3.63, 3.8) is 0 Å². The Bertz CT molecular complexity index is 1130. The molecular weight excluding hydrogens is 418 g/mol. The number of urea groups is 1. The number of nitrogens with one attached hydrogen (secondary N) is 2. The molecule has 1 unspecified atom stereocenters. The normalized spacial score (nSPS) is 18.2. The van der Waals surface area contributed by atoms with Crippen molar-refractivity contribution in [1.29, 1.82) is 0 Å². The minimum atomic E-state index is -1.26. The zero-order valence-electron chi connectivity index (χ0n) is 16.8. The Labute approximate surface area is 182 Å². The second-order valence-electron chi connectivity index (χ2n) is 7.09. The van der Waals surface area contributed by atoms with Crippen LogP contribution >= 0.6 is 11.8 Å². The largest absolute Gasteiger partial charge is 0.344 e. The van der Waals surface area contributed by atoms with Crippen molar-refractivity contribution >= 4 is 29.6 Å². The van der Waals surface area contributed by atoms with Gasteiger partial charge in [-0.1, -0.05) is 59.8 Å². The first-order valence-corrected chi connectivity index (χ1v) is 10.4. The number of hydrogen-bond acceptors (Lipinski definition) is 7. The molecule has 1 aliphatic heterocycles. The van der Waals surface area contributed by atoms with Crippen LogP contribution in [-0.4, -0.2) is 48.8 Å². The molecule has 0 spiro atoms. The number of aromatic nitrogens is 4. The highest BCUT2D eigenvalue weighted by Crippen LogP contribution is 2.27. The van der Waals surface area contributed by atoms with Crippen molar-refractivity contribution in [3.05, 3.63) is 65.7 Å². The fourth-order valence-electron chi connectivity index (χ4n) is 3.11. The average Bonchev–Trinajstić information content (AvgIpc) is 3.32. The van der Waals surface area contributed by atoms with Gasteiger partial charge in [0.1, 0.15) is 5.54 Å². The Balaban J connectivity index is 1.41. The molecule has 1 fully saturated rings. The minimum absolute atomic E-state index is 0.0919. The van der Waals surface area contributed by atoms with Crippen LogP contribution in [-0.2, 0) is 15.1 Å². The number of benzene rings is 2. The molecule has 11 heteroatoms. The van der Waals surface area contributed by atoms with Crippen LogP contribution in [0, 0.1) is 6.92 Å². The monoisotopic (exact) mass is 437 g/mol. The van der Waals surface area contributed by atoms with E-state index in [1.807, 2.05) is 37.3 Å². The van der Waals surface area contributed by atoms with Gasteiger partial charge in [-0.25, -0.2) is 4.79 Å². The molecule has 1 aromatic heterocycles. The Morgan fingerprint density at radius 2 is 1.84 bits per heavy atom. The highest BCUT2D eigenvalue weighted by molar-refractivity contribution is 7.99. The third-order valence-corrected chi connectivity index (χ3v) is 5.75. The number of tetrazole rings is 1. The molecule has 31 heavy (non-hydrogen) atoms. The van der Waals surface area contributed by atoms with E-state index in [4.69, 9.17) is 0 Å². The van der Waals surface area contributed by atoms with E-state index in [-0.39, 0.29) is 5.75 Å². The fraction of sp³-hybridized carbons (Fsp3) is 0.200. The van der Waals surface area contributed by atoms with Gasteiger partial charge in [0.25, 0.3) is 5.91 Å². The summed E-state index contributed by atoms with van der Waals surface area (Å²) in [5.41, 5.74) is 3.59. The number of imide groups is 1. The summed E-state index contributed by atoms with van der Waals surface area (Å²) in [6.07, 6.45) is 0. The maximum atomic E-state index is 12.9. The highest BCUT2D eigenvalue weighted by atomic mass is 32.2. The van der Waals surface area contributed by atoms with E-state index in [1.54, 1.807) is 31.2 Å². The maximum absolute atomic E-state index is 12.9. The van der Waals surface area contributed by atoms with Crippen molar-refractivity contribution in [2.45, 2.75) is 24.5 Å². The topological polar surface area (TPSA) is 122 Å². The van der Waals surface area contributed by atoms with Crippen molar-refractivity contribution < 1.29 is 14.4 Å². The van der Waals surface area contributed by atoms with Crippen LogP contribution in [0.15, 0.2) is 59.8 Å². The summed E-state index contributed by atoms with van der Waals surface area (Å²) in [7, 11) is 0. The van der Waals surface area contributed by atoms with E-state index in [0.29, 0.717) is 15.7 Å². The van der Waals surface area contributed by atoms with Crippen LogP contribution < -0.4 is 10.7 Å². The number of amides is 4. The van der Waals surface area contributed by atoms with Gasteiger partial charge in [-0.2, -0.15) is 9.69 Å². The zero-order chi connectivity index (χ0) is 22.0. The Kier molecular flexibility index (Phi) is 5.42. The summed E-state index contributed by atoms with van der Waals surface area (Å²) in [5, 5.41) is 15.3. The Hall–Kier alpha value is -3.73. The third kappa shape index (κ3) is 3.99. The predicted octanol–water partition coefficient (Wildman–Crippen LogP) is 1.56. The summed E-state index contributed by atoms with van der Waals surface area (Å²) in [6.45, 7) is 3.57. The van der Waals surface area contributed by atoms with Crippen LogP contribution in [0.5, 0.6) is 0 Å². The number of rotatable bonds is 6. The van der Waals surface area contributed by atoms with Gasteiger partial charge in [-0.15, -0.1) is 5.10 Å². The summed E-state index contributed by atoms with van der Waals surface area (Å²) in [6, 6.07) is 15.7. The lowest BCUT2D eigenvalue weighted by atomic mass is 9.92. The van der Waals surface area contributed by atoms with Gasteiger partial charge < -0.3 is 5.32 Å². The zero-order valence-corrected chi connectivity index (χ0v) is 17.6. The summed E-state index contributed by atoms with van der Waals surface area (Å²) in [5.74, 6) is -1.19. The van der Waals surface area contributed by atoms with Gasteiger partial charge in [-0.3, -0.25) is 15.0 Å². The summed E-state index contributed by atoms with van der Waals surface area (Å²) in [4.78, 5) is 37.6. The van der Waals surface area contributed by atoms with Crippen molar-refractivity contribution in [1.82, 2.24) is 36.0 Å². The molecule has 2 aromatic carbocycles. The van der Waals surface area contributed by atoms with Crippen molar-refractivity contribution in [3.8, 4) is 5.69 Å². The second-order valence-corrected chi connectivity index (χ2v) is 8.04. The first-order valence-electron chi connectivity index (χ1n) is 9.38.